The molecule has 2 heterocycles. The minimum atomic E-state index is 0.0678. The molecule has 0 unspecified atom stereocenters. The summed E-state index contributed by atoms with van der Waals surface area (Å²) in [6.45, 7) is 4.01. The second-order valence-corrected chi connectivity index (χ2v) is 10.0. The van der Waals surface area contributed by atoms with E-state index in [0.717, 1.165) is 63.8 Å². The highest BCUT2D eigenvalue weighted by molar-refractivity contribution is 6.30. The van der Waals surface area contributed by atoms with Gasteiger partial charge in [-0.25, -0.2) is 0 Å². The number of benzene rings is 2. The molecule has 2 amide bonds. The molecule has 7 nitrogen and oxygen atoms in total. The van der Waals surface area contributed by atoms with Crippen LogP contribution in [-0.4, -0.2) is 74.6 Å². The van der Waals surface area contributed by atoms with Gasteiger partial charge < -0.3 is 24.6 Å². The van der Waals surface area contributed by atoms with E-state index in [4.69, 9.17) is 21.1 Å². The van der Waals surface area contributed by atoms with E-state index in [9.17, 15) is 9.59 Å². The normalized spacial score (nSPS) is 17.6. The molecular formula is C28H36ClN3O4. The Labute approximate surface area is 218 Å². The third-order valence-electron chi connectivity index (χ3n) is 7.42. The van der Waals surface area contributed by atoms with Crippen molar-refractivity contribution in [2.24, 2.45) is 5.92 Å². The summed E-state index contributed by atoms with van der Waals surface area (Å²) in [5.41, 5.74) is 1.79. The Morgan fingerprint density at radius 1 is 0.917 bits per heavy atom. The standard InChI is InChI=1S/C28H36ClN3O4/c1-35-25-8-3-20(19-26(25)36-2)9-14-30-27(33)21-10-15-31(16-11-21)24-12-17-32(18-13-24)28(34)22-4-6-23(29)7-5-22/h3-8,19,21,24H,9-18H2,1-2H3,(H,30,33). The number of nitrogens with zero attached hydrogens (tertiary/aromatic N) is 2. The molecule has 0 saturated carbocycles. The van der Waals surface area contributed by atoms with E-state index in [2.05, 4.69) is 10.2 Å². The number of piperidine rings is 2. The second kappa shape index (κ2) is 12.5. The zero-order chi connectivity index (χ0) is 25.5. The molecular weight excluding hydrogens is 478 g/mol. The summed E-state index contributed by atoms with van der Waals surface area (Å²) >= 11 is 5.94. The summed E-state index contributed by atoms with van der Waals surface area (Å²) in [6, 6.07) is 13.4. The molecule has 2 aliphatic rings. The van der Waals surface area contributed by atoms with Gasteiger partial charge in [0.1, 0.15) is 0 Å². The first-order chi connectivity index (χ1) is 17.5. The van der Waals surface area contributed by atoms with E-state index >= 15 is 0 Å². The lowest BCUT2D eigenvalue weighted by Gasteiger charge is -2.41. The Morgan fingerprint density at radius 2 is 1.58 bits per heavy atom. The molecule has 0 aromatic heterocycles. The lowest BCUT2D eigenvalue weighted by atomic mass is 9.92. The summed E-state index contributed by atoms with van der Waals surface area (Å²) in [6.07, 6.45) is 4.46. The molecule has 2 aromatic carbocycles. The molecule has 2 saturated heterocycles. The SMILES string of the molecule is COc1ccc(CCNC(=O)C2CCN(C3CCN(C(=O)c4ccc(Cl)cc4)CC3)CC2)cc1OC. The van der Waals surface area contributed by atoms with E-state index in [1.807, 2.05) is 23.1 Å². The van der Waals surface area contributed by atoms with Crippen molar-refractivity contribution in [2.75, 3.05) is 46.9 Å². The monoisotopic (exact) mass is 513 g/mol. The van der Waals surface area contributed by atoms with Crippen molar-refractivity contribution in [1.29, 1.82) is 0 Å². The molecule has 0 atom stereocenters. The van der Waals surface area contributed by atoms with Crippen LogP contribution in [0.3, 0.4) is 0 Å². The van der Waals surface area contributed by atoms with Gasteiger partial charge in [0.05, 0.1) is 14.2 Å². The summed E-state index contributed by atoms with van der Waals surface area (Å²) in [7, 11) is 3.25. The van der Waals surface area contributed by atoms with Crippen molar-refractivity contribution in [1.82, 2.24) is 15.1 Å². The number of methoxy groups -OCH3 is 2. The average Bonchev–Trinajstić information content (AvgIpc) is 2.93. The number of hydrogen-bond donors (Lipinski definition) is 1. The third-order valence-corrected chi connectivity index (χ3v) is 7.67. The van der Waals surface area contributed by atoms with Gasteiger partial charge in [-0.3, -0.25) is 9.59 Å². The Balaban J connectivity index is 1.17. The second-order valence-electron chi connectivity index (χ2n) is 9.57. The van der Waals surface area contributed by atoms with Crippen molar-refractivity contribution in [2.45, 2.75) is 38.1 Å². The molecule has 1 N–H and O–H groups in total. The van der Waals surface area contributed by atoms with Crippen LogP contribution < -0.4 is 14.8 Å². The van der Waals surface area contributed by atoms with Crippen molar-refractivity contribution < 1.29 is 19.1 Å². The first kappa shape index (κ1) is 26.3. The topological polar surface area (TPSA) is 71.1 Å². The van der Waals surface area contributed by atoms with Gasteiger partial charge in [-0.15, -0.1) is 0 Å². The fourth-order valence-electron chi connectivity index (χ4n) is 5.25. The molecule has 2 fully saturated rings. The Bertz CT molecular complexity index is 1030. The minimum Gasteiger partial charge on any atom is -0.493 e. The average molecular weight is 514 g/mol. The molecule has 0 spiro atoms. The van der Waals surface area contributed by atoms with Gasteiger partial charge in [0.25, 0.3) is 5.91 Å². The number of likely N-dealkylation sites (tertiary alicyclic amines) is 2. The van der Waals surface area contributed by atoms with Crippen LogP contribution in [0.4, 0.5) is 0 Å². The van der Waals surface area contributed by atoms with Crippen LogP contribution in [0.2, 0.25) is 5.02 Å². The van der Waals surface area contributed by atoms with Crippen LogP contribution >= 0.6 is 11.6 Å². The van der Waals surface area contributed by atoms with Crippen LogP contribution in [0.5, 0.6) is 11.5 Å². The van der Waals surface area contributed by atoms with Crippen LogP contribution in [0, 0.1) is 5.92 Å². The lowest BCUT2D eigenvalue weighted by Crippen LogP contribution is -2.50. The van der Waals surface area contributed by atoms with E-state index in [-0.39, 0.29) is 17.7 Å². The van der Waals surface area contributed by atoms with Gasteiger partial charge in [0.2, 0.25) is 5.91 Å². The van der Waals surface area contributed by atoms with E-state index in [1.165, 1.54) is 0 Å². The van der Waals surface area contributed by atoms with E-state index < -0.39 is 0 Å². The largest absolute Gasteiger partial charge is 0.493 e. The fourth-order valence-corrected chi connectivity index (χ4v) is 5.37. The van der Waals surface area contributed by atoms with E-state index in [1.54, 1.807) is 38.5 Å². The summed E-state index contributed by atoms with van der Waals surface area (Å²) < 4.78 is 10.6. The summed E-state index contributed by atoms with van der Waals surface area (Å²) in [4.78, 5) is 30.0. The lowest BCUT2D eigenvalue weighted by molar-refractivity contribution is -0.126. The molecule has 2 aliphatic heterocycles. The van der Waals surface area contributed by atoms with Gasteiger partial charge >= 0.3 is 0 Å². The molecule has 0 aliphatic carbocycles. The zero-order valence-corrected chi connectivity index (χ0v) is 21.9. The van der Waals surface area contributed by atoms with Crippen LogP contribution in [0.15, 0.2) is 42.5 Å². The number of amides is 2. The maximum absolute atomic E-state index is 12.8. The zero-order valence-electron chi connectivity index (χ0n) is 21.2. The van der Waals surface area contributed by atoms with E-state index in [0.29, 0.717) is 34.7 Å². The Kier molecular flexibility index (Phi) is 9.10. The van der Waals surface area contributed by atoms with Gasteiger partial charge in [0.15, 0.2) is 11.5 Å². The molecule has 194 valence electrons. The highest BCUT2D eigenvalue weighted by Gasteiger charge is 2.31. The number of ether oxygens (including phenoxy) is 2. The Hall–Kier alpha value is -2.77. The third kappa shape index (κ3) is 6.51. The smallest absolute Gasteiger partial charge is 0.253 e. The Morgan fingerprint density at radius 3 is 2.22 bits per heavy atom. The predicted octanol–water partition coefficient (Wildman–Crippen LogP) is 4.03. The molecule has 36 heavy (non-hydrogen) atoms. The van der Waals surface area contributed by atoms with Gasteiger partial charge in [-0.05, 0) is 87.2 Å². The number of hydrogen-bond acceptors (Lipinski definition) is 5. The first-order valence-corrected chi connectivity index (χ1v) is 13.1. The maximum Gasteiger partial charge on any atom is 0.253 e. The summed E-state index contributed by atoms with van der Waals surface area (Å²) in [5, 5.41) is 3.76. The van der Waals surface area contributed by atoms with Crippen molar-refractivity contribution in [3.8, 4) is 11.5 Å². The van der Waals surface area contributed by atoms with Crippen molar-refractivity contribution >= 4 is 23.4 Å². The molecule has 0 bridgehead atoms. The number of carbonyl (C=O) groups is 2. The fraction of sp³-hybridized carbons (Fsp3) is 0.500. The maximum atomic E-state index is 12.8. The van der Waals surface area contributed by atoms with Crippen LogP contribution in [0.25, 0.3) is 0 Å². The number of carbonyl (C=O) groups excluding carboxylic acids is 2. The highest BCUT2D eigenvalue weighted by atomic mass is 35.5. The predicted molar refractivity (Wildman–Crippen MR) is 141 cm³/mol. The van der Waals surface area contributed by atoms with Crippen molar-refractivity contribution in [3.63, 3.8) is 0 Å². The molecule has 4 rings (SSSR count). The van der Waals surface area contributed by atoms with Gasteiger partial charge in [0, 0.05) is 42.2 Å². The van der Waals surface area contributed by atoms with Gasteiger partial charge in [-0.2, -0.15) is 0 Å². The van der Waals surface area contributed by atoms with Crippen molar-refractivity contribution in [3.05, 3.63) is 58.6 Å². The van der Waals surface area contributed by atoms with Crippen LogP contribution in [0.1, 0.15) is 41.6 Å². The molecule has 8 heteroatoms. The number of halogens is 1. The van der Waals surface area contributed by atoms with Gasteiger partial charge in [-0.1, -0.05) is 17.7 Å². The molecule has 2 aromatic rings. The highest BCUT2D eigenvalue weighted by Crippen LogP contribution is 2.28. The molecule has 0 radical (unpaired) electrons. The minimum absolute atomic E-state index is 0.0678. The van der Waals surface area contributed by atoms with Crippen LogP contribution in [-0.2, 0) is 11.2 Å². The number of nitrogens with one attached hydrogen (secondary N) is 1. The number of rotatable bonds is 8. The summed E-state index contributed by atoms with van der Waals surface area (Å²) in [5.74, 6) is 1.70. The quantitative estimate of drug-likeness (QED) is 0.577. The first-order valence-electron chi connectivity index (χ1n) is 12.8.